The number of urea groups is 1. The van der Waals surface area contributed by atoms with Crippen LogP contribution in [0.25, 0.3) is 6.08 Å². The summed E-state index contributed by atoms with van der Waals surface area (Å²) >= 11 is 3.37. The van der Waals surface area contributed by atoms with Crippen molar-refractivity contribution in [3.8, 4) is 5.75 Å². The van der Waals surface area contributed by atoms with E-state index in [1.165, 1.54) is 0 Å². The fraction of sp³-hybridized carbons (Fsp3) is 0.231. The van der Waals surface area contributed by atoms with E-state index in [0.717, 1.165) is 14.9 Å². The van der Waals surface area contributed by atoms with Crippen molar-refractivity contribution in [1.82, 2.24) is 10.2 Å². The molecule has 1 aliphatic rings. The second-order valence-electron chi connectivity index (χ2n) is 3.93. The predicted molar refractivity (Wildman–Crippen MR) is 74.6 cm³/mol. The predicted octanol–water partition coefficient (Wildman–Crippen LogP) is 2.37. The highest BCUT2D eigenvalue weighted by molar-refractivity contribution is 9.10. The summed E-state index contributed by atoms with van der Waals surface area (Å²) in [5, 5.41) is 2.55. The molecule has 1 heterocycles. The minimum atomic E-state index is -0.383. The quantitative estimate of drug-likeness (QED) is 0.686. The van der Waals surface area contributed by atoms with Crippen LogP contribution >= 0.6 is 15.9 Å². The zero-order chi connectivity index (χ0) is 14.0. The Hall–Kier alpha value is -1.82. The molecular formula is C13H13BrN2O3. The van der Waals surface area contributed by atoms with Crippen LogP contribution in [0.1, 0.15) is 12.5 Å². The van der Waals surface area contributed by atoms with Gasteiger partial charge in [0.15, 0.2) is 0 Å². The lowest BCUT2D eigenvalue weighted by atomic mass is 10.2. The highest BCUT2D eigenvalue weighted by atomic mass is 79.9. The maximum absolute atomic E-state index is 11.9. The van der Waals surface area contributed by atoms with E-state index >= 15 is 0 Å². The van der Waals surface area contributed by atoms with Gasteiger partial charge in [0, 0.05) is 6.54 Å². The minimum Gasteiger partial charge on any atom is -0.496 e. The molecule has 100 valence electrons. The lowest BCUT2D eigenvalue weighted by molar-refractivity contribution is -0.122. The standard InChI is InChI=1S/C13H13BrN2O3/c1-3-16-12(17)10(15-13(16)18)7-8-4-5-11(19-2)9(14)6-8/h4-7H,3H2,1-2H3,(H,15,18)/b10-7-. The molecule has 1 saturated heterocycles. The van der Waals surface area contributed by atoms with Crippen LogP contribution in [0.15, 0.2) is 28.4 Å². The summed E-state index contributed by atoms with van der Waals surface area (Å²) in [7, 11) is 1.58. The molecule has 1 aromatic carbocycles. The van der Waals surface area contributed by atoms with Crippen molar-refractivity contribution in [2.45, 2.75) is 6.92 Å². The molecule has 1 N–H and O–H groups in total. The third kappa shape index (κ3) is 2.63. The van der Waals surface area contributed by atoms with Gasteiger partial charge in [-0.1, -0.05) is 6.07 Å². The molecule has 1 aliphatic heterocycles. The van der Waals surface area contributed by atoms with Crippen molar-refractivity contribution < 1.29 is 14.3 Å². The van der Waals surface area contributed by atoms with Crippen molar-refractivity contribution in [2.24, 2.45) is 0 Å². The van der Waals surface area contributed by atoms with E-state index in [1.54, 1.807) is 26.2 Å². The zero-order valence-electron chi connectivity index (χ0n) is 10.6. The Kier molecular flexibility index (Phi) is 3.90. The molecular weight excluding hydrogens is 312 g/mol. The first-order valence-electron chi connectivity index (χ1n) is 5.75. The Morgan fingerprint density at radius 3 is 2.68 bits per heavy atom. The number of rotatable bonds is 3. The summed E-state index contributed by atoms with van der Waals surface area (Å²) in [5.74, 6) is 0.401. The monoisotopic (exact) mass is 324 g/mol. The maximum Gasteiger partial charge on any atom is 0.328 e. The Balaban J connectivity index is 2.30. The van der Waals surface area contributed by atoms with Crippen LogP contribution in [0.5, 0.6) is 5.75 Å². The first-order valence-corrected chi connectivity index (χ1v) is 6.54. The lowest BCUT2D eigenvalue weighted by Crippen LogP contribution is -2.30. The summed E-state index contributed by atoms with van der Waals surface area (Å²) in [6.07, 6.45) is 1.64. The Morgan fingerprint density at radius 2 is 2.16 bits per heavy atom. The summed E-state index contributed by atoms with van der Waals surface area (Å²) < 4.78 is 5.92. The van der Waals surface area contributed by atoms with Gasteiger partial charge in [-0.3, -0.25) is 9.69 Å². The first-order chi connectivity index (χ1) is 9.06. The Morgan fingerprint density at radius 1 is 1.42 bits per heavy atom. The fourth-order valence-corrected chi connectivity index (χ4v) is 2.36. The second kappa shape index (κ2) is 5.44. The molecule has 5 nitrogen and oxygen atoms in total. The van der Waals surface area contributed by atoms with Crippen molar-refractivity contribution >= 4 is 33.9 Å². The van der Waals surface area contributed by atoms with E-state index in [4.69, 9.17) is 4.74 Å². The molecule has 2 rings (SSSR count). The van der Waals surface area contributed by atoms with Crippen molar-refractivity contribution in [2.75, 3.05) is 13.7 Å². The number of amides is 3. The molecule has 1 fully saturated rings. The largest absolute Gasteiger partial charge is 0.496 e. The van der Waals surface area contributed by atoms with E-state index in [9.17, 15) is 9.59 Å². The normalized spacial score (nSPS) is 17.0. The number of hydrogen-bond donors (Lipinski definition) is 1. The van der Waals surface area contributed by atoms with Gasteiger partial charge < -0.3 is 10.1 Å². The van der Waals surface area contributed by atoms with Gasteiger partial charge in [0.1, 0.15) is 11.4 Å². The lowest BCUT2D eigenvalue weighted by Gasteiger charge is -2.06. The number of carbonyl (C=O) groups excluding carboxylic acids is 2. The number of nitrogens with zero attached hydrogens (tertiary/aromatic N) is 1. The van der Waals surface area contributed by atoms with Crippen molar-refractivity contribution in [1.29, 1.82) is 0 Å². The summed E-state index contributed by atoms with van der Waals surface area (Å²) in [4.78, 5) is 24.6. The van der Waals surface area contributed by atoms with Crippen LogP contribution < -0.4 is 10.1 Å². The van der Waals surface area contributed by atoms with Crippen LogP contribution in [-0.4, -0.2) is 30.5 Å². The zero-order valence-corrected chi connectivity index (χ0v) is 12.2. The van der Waals surface area contributed by atoms with Crippen LogP contribution in [0.3, 0.4) is 0 Å². The summed E-state index contributed by atoms with van der Waals surface area (Å²) in [5.41, 5.74) is 1.08. The molecule has 3 amide bonds. The van der Waals surface area contributed by atoms with Gasteiger partial charge >= 0.3 is 6.03 Å². The van der Waals surface area contributed by atoms with Gasteiger partial charge in [-0.2, -0.15) is 0 Å². The maximum atomic E-state index is 11.9. The molecule has 0 aliphatic carbocycles. The Bertz CT molecular complexity index is 569. The van der Waals surface area contributed by atoms with Crippen LogP contribution in [0.4, 0.5) is 4.79 Å². The number of likely N-dealkylation sites (N-methyl/N-ethyl adjacent to an activating group) is 1. The second-order valence-corrected chi connectivity index (χ2v) is 4.79. The number of ether oxygens (including phenoxy) is 1. The molecule has 0 radical (unpaired) electrons. The fourth-order valence-electron chi connectivity index (χ4n) is 1.80. The van der Waals surface area contributed by atoms with Gasteiger partial charge in [-0.15, -0.1) is 0 Å². The van der Waals surface area contributed by atoms with Gasteiger partial charge in [0.25, 0.3) is 5.91 Å². The number of carbonyl (C=O) groups is 2. The van der Waals surface area contributed by atoms with Gasteiger partial charge in [-0.25, -0.2) is 4.79 Å². The van der Waals surface area contributed by atoms with Gasteiger partial charge in [-0.05, 0) is 46.6 Å². The van der Waals surface area contributed by atoms with E-state index in [-0.39, 0.29) is 17.6 Å². The van der Waals surface area contributed by atoms with Crippen LogP contribution in [-0.2, 0) is 4.79 Å². The molecule has 0 spiro atoms. The average Bonchev–Trinajstić information content (AvgIpc) is 2.64. The number of hydrogen-bond acceptors (Lipinski definition) is 3. The van der Waals surface area contributed by atoms with Crippen LogP contribution in [0.2, 0.25) is 0 Å². The van der Waals surface area contributed by atoms with Gasteiger partial charge in [0.2, 0.25) is 0 Å². The number of imide groups is 1. The number of benzene rings is 1. The molecule has 0 aromatic heterocycles. The Labute approximate surface area is 119 Å². The number of halogens is 1. The SMILES string of the molecule is CCN1C(=O)N/C(=C\c2ccc(OC)c(Br)c2)C1=O. The molecule has 0 saturated carbocycles. The van der Waals surface area contributed by atoms with Gasteiger partial charge in [0.05, 0.1) is 11.6 Å². The van der Waals surface area contributed by atoms with E-state index < -0.39 is 0 Å². The van der Waals surface area contributed by atoms with Crippen molar-refractivity contribution in [3.05, 3.63) is 33.9 Å². The smallest absolute Gasteiger partial charge is 0.328 e. The molecule has 0 bridgehead atoms. The third-order valence-corrected chi connectivity index (χ3v) is 3.39. The molecule has 1 aromatic rings. The summed E-state index contributed by atoms with van der Waals surface area (Å²) in [6.45, 7) is 2.11. The highest BCUT2D eigenvalue weighted by Gasteiger charge is 2.31. The highest BCUT2D eigenvalue weighted by Crippen LogP contribution is 2.26. The molecule has 19 heavy (non-hydrogen) atoms. The first kappa shape index (κ1) is 13.6. The van der Waals surface area contributed by atoms with Crippen LogP contribution in [0, 0.1) is 0 Å². The molecule has 0 unspecified atom stereocenters. The molecule has 6 heteroatoms. The number of methoxy groups -OCH3 is 1. The van der Waals surface area contributed by atoms with Crippen molar-refractivity contribution in [3.63, 3.8) is 0 Å². The number of nitrogens with one attached hydrogen (secondary N) is 1. The average molecular weight is 325 g/mol. The van der Waals surface area contributed by atoms with E-state index in [1.807, 2.05) is 12.1 Å². The summed E-state index contributed by atoms with van der Waals surface area (Å²) in [6, 6.07) is 5.03. The van der Waals surface area contributed by atoms with E-state index in [0.29, 0.717) is 12.3 Å². The molecule has 0 atom stereocenters. The topological polar surface area (TPSA) is 58.6 Å². The van der Waals surface area contributed by atoms with E-state index in [2.05, 4.69) is 21.2 Å². The minimum absolute atomic E-state index is 0.281. The third-order valence-electron chi connectivity index (χ3n) is 2.77.